The van der Waals surface area contributed by atoms with Crippen molar-refractivity contribution in [2.24, 2.45) is 0 Å². The lowest BCUT2D eigenvalue weighted by molar-refractivity contribution is 0.248. The van der Waals surface area contributed by atoms with Gasteiger partial charge >= 0.3 is 0 Å². The highest BCUT2D eigenvalue weighted by Crippen LogP contribution is 2.22. The van der Waals surface area contributed by atoms with Crippen molar-refractivity contribution in [3.05, 3.63) is 36.2 Å². The first-order valence-corrected chi connectivity index (χ1v) is 4.14. The molecule has 2 aromatic rings. The number of phenolic OH excluding ortho intramolecular Hbond substituents is 1. The molecule has 0 amide bonds. The third kappa shape index (κ3) is 1.60. The van der Waals surface area contributed by atoms with E-state index in [-0.39, 0.29) is 12.4 Å². The third-order valence-corrected chi connectivity index (χ3v) is 1.80. The number of nitrogens with zero attached hydrogens (tertiary/aromatic N) is 1. The summed E-state index contributed by atoms with van der Waals surface area (Å²) in [4.78, 5) is 3.96. The summed E-state index contributed by atoms with van der Waals surface area (Å²) in [6.07, 6.45) is 1.46. The van der Waals surface area contributed by atoms with Crippen LogP contribution in [0.5, 0.6) is 5.75 Å². The molecule has 1 aromatic heterocycles. The Kier molecular flexibility index (Phi) is 2.20. The van der Waals surface area contributed by atoms with E-state index in [1.54, 1.807) is 24.3 Å². The standard InChI is InChI=1S/C10H9NO3/c12-6-9-5-11-10(14-9)7-2-1-3-8(13)4-7/h1-5,12-13H,6H2. The minimum Gasteiger partial charge on any atom is -0.508 e. The molecule has 4 heteroatoms. The third-order valence-electron chi connectivity index (χ3n) is 1.80. The van der Waals surface area contributed by atoms with Crippen LogP contribution in [0, 0.1) is 0 Å². The number of hydrogen-bond donors (Lipinski definition) is 2. The predicted octanol–water partition coefficient (Wildman–Crippen LogP) is 1.54. The van der Waals surface area contributed by atoms with Gasteiger partial charge in [-0.1, -0.05) is 6.07 Å². The molecule has 0 aliphatic rings. The second-order valence-electron chi connectivity index (χ2n) is 2.84. The van der Waals surface area contributed by atoms with Crippen LogP contribution in [0.2, 0.25) is 0 Å². The van der Waals surface area contributed by atoms with Crippen molar-refractivity contribution in [2.45, 2.75) is 6.61 Å². The normalized spacial score (nSPS) is 10.4. The number of aromatic hydroxyl groups is 1. The molecule has 0 atom stereocenters. The molecule has 14 heavy (non-hydrogen) atoms. The number of benzene rings is 1. The SMILES string of the molecule is OCc1cnc(-c2cccc(O)c2)o1. The molecule has 0 saturated carbocycles. The number of hydrogen-bond acceptors (Lipinski definition) is 4. The average molecular weight is 191 g/mol. The van der Waals surface area contributed by atoms with Gasteiger partial charge in [0.15, 0.2) is 0 Å². The van der Waals surface area contributed by atoms with Crippen molar-refractivity contribution in [3.8, 4) is 17.2 Å². The van der Waals surface area contributed by atoms with Crippen LogP contribution in [0.1, 0.15) is 5.76 Å². The maximum atomic E-state index is 9.22. The zero-order valence-corrected chi connectivity index (χ0v) is 7.34. The van der Waals surface area contributed by atoms with Gasteiger partial charge in [-0.3, -0.25) is 0 Å². The summed E-state index contributed by atoms with van der Waals surface area (Å²) in [5.74, 6) is 0.958. The highest BCUT2D eigenvalue weighted by atomic mass is 16.4. The zero-order chi connectivity index (χ0) is 9.97. The van der Waals surface area contributed by atoms with Crippen LogP contribution in [0.15, 0.2) is 34.9 Å². The van der Waals surface area contributed by atoms with Gasteiger partial charge in [-0.25, -0.2) is 4.98 Å². The lowest BCUT2D eigenvalue weighted by Crippen LogP contribution is -1.76. The van der Waals surface area contributed by atoms with Crippen molar-refractivity contribution in [1.82, 2.24) is 4.98 Å². The largest absolute Gasteiger partial charge is 0.508 e. The first-order valence-electron chi connectivity index (χ1n) is 4.14. The fraction of sp³-hybridized carbons (Fsp3) is 0.100. The van der Waals surface area contributed by atoms with Crippen molar-refractivity contribution in [2.75, 3.05) is 0 Å². The fourth-order valence-electron chi connectivity index (χ4n) is 1.15. The highest BCUT2D eigenvalue weighted by molar-refractivity contribution is 5.55. The van der Waals surface area contributed by atoms with Gasteiger partial charge in [0.25, 0.3) is 0 Å². The molecule has 0 spiro atoms. The van der Waals surface area contributed by atoms with Crippen molar-refractivity contribution >= 4 is 0 Å². The maximum Gasteiger partial charge on any atom is 0.226 e. The number of oxazole rings is 1. The van der Waals surface area contributed by atoms with Gasteiger partial charge in [0.05, 0.1) is 6.20 Å². The van der Waals surface area contributed by atoms with Crippen molar-refractivity contribution in [3.63, 3.8) is 0 Å². The van der Waals surface area contributed by atoms with E-state index in [1.165, 1.54) is 6.20 Å². The average Bonchev–Trinajstić information content (AvgIpc) is 2.66. The Labute approximate surface area is 80.5 Å². The molecular formula is C10H9NO3. The molecule has 1 heterocycles. The number of aromatic nitrogens is 1. The van der Waals surface area contributed by atoms with Gasteiger partial charge in [-0.2, -0.15) is 0 Å². The summed E-state index contributed by atoms with van der Waals surface area (Å²) in [5, 5.41) is 18.0. The number of phenols is 1. The van der Waals surface area contributed by atoms with E-state index < -0.39 is 0 Å². The van der Waals surface area contributed by atoms with Crippen LogP contribution in [-0.2, 0) is 6.61 Å². The Morgan fingerprint density at radius 3 is 2.86 bits per heavy atom. The molecule has 2 N–H and O–H groups in total. The number of aliphatic hydroxyl groups excluding tert-OH is 1. The second kappa shape index (κ2) is 3.51. The molecule has 0 unspecified atom stereocenters. The predicted molar refractivity (Wildman–Crippen MR) is 49.5 cm³/mol. The molecule has 0 aliphatic heterocycles. The van der Waals surface area contributed by atoms with Crippen molar-refractivity contribution in [1.29, 1.82) is 0 Å². The van der Waals surface area contributed by atoms with E-state index in [0.717, 1.165) is 0 Å². The summed E-state index contributed by atoms with van der Waals surface area (Å²) in [6.45, 7) is -0.175. The van der Waals surface area contributed by atoms with Crippen LogP contribution in [-0.4, -0.2) is 15.2 Å². The van der Waals surface area contributed by atoms with Crippen LogP contribution in [0.25, 0.3) is 11.5 Å². The fourth-order valence-corrected chi connectivity index (χ4v) is 1.15. The number of rotatable bonds is 2. The van der Waals surface area contributed by atoms with Crippen molar-refractivity contribution < 1.29 is 14.6 Å². The first kappa shape index (κ1) is 8.77. The maximum absolute atomic E-state index is 9.22. The van der Waals surface area contributed by atoms with Gasteiger partial charge in [-0.05, 0) is 18.2 Å². The Morgan fingerprint density at radius 1 is 1.36 bits per heavy atom. The molecular weight excluding hydrogens is 182 g/mol. The Bertz CT molecular complexity index is 436. The number of aliphatic hydroxyl groups is 1. The quantitative estimate of drug-likeness (QED) is 0.755. The Hall–Kier alpha value is -1.81. The second-order valence-corrected chi connectivity index (χ2v) is 2.84. The summed E-state index contributed by atoms with van der Waals surface area (Å²) in [5.41, 5.74) is 0.685. The molecule has 0 saturated heterocycles. The minimum absolute atomic E-state index is 0.159. The molecule has 1 aromatic carbocycles. The first-order chi connectivity index (χ1) is 6.79. The van der Waals surface area contributed by atoms with Crippen LogP contribution < -0.4 is 0 Å². The van der Waals surface area contributed by atoms with Gasteiger partial charge < -0.3 is 14.6 Å². The molecule has 2 rings (SSSR count). The molecule has 0 radical (unpaired) electrons. The molecule has 0 fully saturated rings. The Balaban J connectivity index is 2.39. The minimum atomic E-state index is -0.175. The molecule has 0 aliphatic carbocycles. The molecule has 72 valence electrons. The summed E-state index contributed by atoms with van der Waals surface area (Å²) >= 11 is 0. The van der Waals surface area contributed by atoms with Gasteiger partial charge in [0, 0.05) is 5.56 Å². The van der Waals surface area contributed by atoms with Crippen LogP contribution >= 0.6 is 0 Å². The lowest BCUT2D eigenvalue weighted by atomic mass is 10.2. The topological polar surface area (TPSA) is 66.5 Å². The van der Waals surface area contributed by atoms with Gasteiger partial charge in [0.1, 0.15) is 18.1 Å². The zero-order valence-electron chi connectivity index (χ0n) is 7.34. The van der Waals surface area contributed by atoms with E-state index in [2.05, 4.69) is 4.98 Å². The van der Waals surface area contributed by atoms with Gasteiger partial charge in [-0.15, -0.1) is 0 Å². The summed E-state index contributed by atoms with van der Waals surface area (Å²) < 4.78 is 5.20. The van der Waals surface area contributed by atoms with E-state index >= 15 is 0 Å². The van der Waals surface area contributed by atoms with Crippen LogP contribution in [0.4, 0.5) is 0 Å². The summed E-state index contributed by atoms with van der Waals surface area (Å²) in [6, 6.07) is 6.59. The van der Waals surface area contributed by atoms with Crippen LogP contribution in [0.3, 0.4) is 0 Å². The molecule has 0 bridgehead atoms. The lowest BCUT2D eigenvalue weighted by Gasteiger charge is -1.95. The van der Waals surface area contributed by atoms with E-state index in [0.29, 0.717) is 17.2 Å². The highest BCUT2D eigenvalue weighted by Gasteiger charge is 2.05. The van der Waals surface area contributed by atoms with Gasteiger partial charge in [0.2, 0.25) is 5.89 Å². The summed E-state index contributed by atoms with van der Waals surface area (Å²) in [7, 11) is 0. The Morgan fingerprint density at radius 2 is 2.21 bits per heavy atom. The smallest absolute Gasteiger partial charge is 0.226 e. The van der Waals surface area contributed by atoms with E-state index in [1.807, 2.05) is 0 Å². The van der Waals surface area contributed by atoms with E-state index in [9.17, 15) is 5.11 Å². The monoisotopic (exact) mass is 191 g/mol. The van der Waals surface area contributed by atoms with E-state index in [4.69, 9.17) is 9.52 Å². The molecule has 4 nitrogen and oxygen atoms in total.